The molecule has 2 rings (SSSR count). The van der Waals surface area contributed by atoms with Crippen molar-refractivity contribution in [1.82, 2.24) is 0 Å². The van der Waals surface area contributed by atoms with E-state index in [1.807, 2.05) is 12.1 Å². The van der Waals surface area contributed by atoms with Crippen molar-refractivity contribution in [3.63, 3.8) is 0 Å². The topological polar surface area (TPSA) is 26.0 Å². The van der Waals surface area contributed by atoms with Crippen molar-refractivity contribution in [1.29, 1.82) is 0 Å². The van der Waals surface area contributed by atoms with E-state index in [1.54, 1.807) is 0 Å². The lowest BCUT2D eigenvalue weighted by molar-refractivity contribution is 0.694. The number of aryl methyl sites for hydroxylation is 1. The SMILES string of the molecule is Cc1ccc(C(CN)Cc2ccc(Br)cc2Cl)cc1. The average Bonchev–Trinajstić information content (AvgIpc) is 2.39. The summed E-state index contributed by atoms with van der Waals surface area (Å²) in [4.78, 5) is 0. The van der Waals surface area contributed by atoms with Crippen LogP contribution in [0.4, 0.5) is 0 Å². The minimum absolute atomic E-state index is 0.305. The molecule has 0 heterocycles. The van der Waals surface area contributed by atoms with E-state index in [0.717, 1.165) is 21.5 Å². The lowest BCUT2D eigenvalue weighted by Gasteiger charge is -2.16. The van der Waals surface area contributed by atoms with Crippen LogP contribution < -0.4 is 5.73 Å². The zero-order valence-corrected chi connectivity index (χ0v) is 13.2. The number of hydrogen-bond acceptors (Lipinski definition) is 1. The molecule has 100 valence electrons. The van der Waals surface area contributed by atoms with Gasteiger partial charge >= 0.3 is 0 Å². The van der Waals surface area contributed by atoms with Crippen LogP contribution in [0.25, 0.3) is 0 Å². The van der Waals surface area contributed by atoms with E-state index in [0.29, 0.717) is 12.5 Å². The Morgan fingerprint density at radius 1 is 1.16 bits per heavy atom. The fourth-order valence-corrected chi connectivity index (χ4v) is 2.88. The molecule has 0 saturated carbocycles. The van der Waals surface area contributed by atoms with Gasteiger partial charge in [-0.3, -0.25) is 0 Å². The predicted molar refractivity (Wildman–Crippen MR) is 85.8 cm³/mol. The Hall–Kier alpha value is -0.830. The third-order valence-electron chi connectivity index (χ3n) is 3.31. The molecule has 0 amide bonds. The highest BCUT2D eigenvalue weighted by Crippen LogP contribution is 2.27. The molecule has 2 aromatic rings. The van der Waals surface area contributed by atoms with Crippen molar-refractivity contribution in [2.75, 3.05) is 6.54 Å². The Balaban J connectivity index is 2.21. The van der Waals surface area contributed by atoms with E-state index < -0.39 is 0 Å². The maximum Gasteiger partial charge on any atom is 0.0449 e. The summed E-state index contributed by atoms with van der Waals surface area (Å²) in [5, 5.41) is 0.792. The summed E-state index contributed by atoms with van der Waals surface area (Å²) in [6.07, 6.45) is 0.867. The highest BCUT2D eigenvalue weighted by atomic mass is 79.9. The monoisotopic (exact) mass is 337 g/mol. The molecule has 0 aliphatic heterocycles. The Labute approximate surface area is 127 Å². The first-order chi connectivity index (χ1) is 9.10. The first-order valence-electron chi connectivity index (χ1n) is 6.30. The Bertz CT molecular complexity index is 551. The van der Waals surface area contributed by atoms with Crippen LogP contribution in [0, 0.1) is 6.92 Å². The number of hydrogen-bond donors (Lipinski definition) is 1. The molecule has 1 nitrogen and oxygen atoms in total. The molecule has 3 heteroatoms. The van der Waals surface area contributed by atoms with Gasteiger partial charge in [-0.25, -0.2) is 0 Å². The molecule has 0 aliphatic rings. The molecule has 2 N–H and O–H groups in total. The van der Waals surface area contributed by atoms with Crippen LogP contribution in [0.15, 0.2) is 46.9 Å². The zero-order valence-electron chi connectivity index (χ0n) is 10.9. The molecule has 0 saturated heterocycles. The lowest BCUT2D eigenvalue weighted by atomic mass is 9.91. The Morgan fingerprint density at radius 2 is 1.84 bits per heavy atom. The second-order valence-corrected chi connectivity index (χ2v) is 6.11. The van der Waals surface area contributed by atoms with Crippen LogP contribution in [0.2, 0.25) is 5.02 Å². The largest absolute Gasteiger partial charge is 0.330 e. The number of halogens is 2. The first-order valence-corrected chi connectivity index (χ1v) is 7.48. The number of benzene rings is 2. The van der Waals surface area contributed by atoms with Gasteiger partial charge in [-0.05, 0) is 43.1 Å². The maximum absolute atomic E-state index is 6.27. The maximum atomic E-state index is 6.27. The molecule has 0 aliphatic carbocycles. The molecule has 0 fully saturated rings. The van der Waals surface area contributed by atoms with Crippen molar-refractivity contribution in [3.05, 3.63) is 68.7 Å². The summed E-state index contributed by atoms with van der Waals surface area (Å²) < 4.78 is 1.00. The van der Waals surface area contributed by atoms with Gasteiger partial charge < -0.3 is 5.73 Å². The van der Waals surface area contributed by atoms with Crippen molar-refractivity contribution in [2.24, 2.45) is 5.73 Å². The van der Waals surface area contributed by atoms with Crippen molar-refractivity contribution in [2.45, 2.75) is 19.3 Å². The fourth-order valence-electron chi connectivity index (χ4n) is 2.13. The van der Waals surface area contributed by atoms with Crippen LogP contribution in [0.3, 0.4) is 0 Å². The zero-order chi connectivity index (χ0) is 13.8. The third-order valence-corrected chi connectivity index (χ3v) is 4.16. The molecule has 1 atom stereocenters. The molecule has 0 aromatic heterocycles. The average molecular weight is 339 g/mol. The molecular weight excluding hydrogens is 322 g/mol. The Kier molecular flexibility index (Phi) is 5.03. The number of nitrogens with two attached hydrogens (primary N) is 1. The van der Waals surface area contributed by atoms with Crippen LogP contribution in [-0.4, -0.2) is 6.54 Å². The van der Waals surface area contributed by atoms with Crippen LogP contribution in [0.5, 0.6) is 0 Å². The van der Waals surface area contributed by atoms with E-state index in [1.165, 1.54) is 11.1 Å². The van der Waals surface area contributed by atoms with Gasteiger partial charge in [-0.2, -0.15) is 0 Å². The molecule has 0 bridgehead atoms. The van der Waals surface area contributed by atoms with E-state index >= 15 is 0 Å². The summed E-state index contributed by atoms with van der Waals surface area (Å²) in [7, 11) is 0. The van der Waals surface area contributed by atoms with E-state index in [-0.39, 0.29) is 0 Å². The predicted octanol–water partition coefficient (Wildman–Crippen LogP) is 4.70. The lowest BCUT2D eigenvalue weighted by Crippen LogP contribution is -2.15. The minimum Gasteiger partial charge on any atom is -0.330 e. The molecule has 1 unspecified atom stereocenters. The van der Waals surface area contributed by atoms with Gasteiger partial charge in [0.2, 0.25) is 0 Å². The molecule has 0 radical (unpaired) electrons. The minimum atomic E-state index is 0.305. The van der Waals surface area contributed by atoms with Gasteiger partial charge in [-0.15, -0.1) is 0 Å². The van der Waals surface area contributed by atoms with Crippen molar-refractivity contribution in [3.8, 4) is 0 Å². The van der Waals surface area contributed by atoms with E-state index in [9.17, 15) is 0 Å². The molecule has 0 spiro atoms. The third kappa shape index (κ3) is 3.82. The quantitative estimate of drug-likeness (QED) is 0.859. The van der Waals surface area contributed by atoms with Crippen molar-refractivity contribution >= 4 is 27.5 Å². The second kappa shape index (κ2) is 6.56. The second-order valence-electron chi connectivity index (χ2n) is 4.78. The summed E-state index contributed by atoms with van der Waals surface area (Å²) in [5.74, 6) is 0.305. The summed E-state index contributed by atoms with van der Waals surface area (Å²) in [6, 6.07) is 14.6. The van der Waals surface area contributed by atoms with Crippen LogP contribution in [-0.2, 0) is 6.42 Å². The molecular formula is C16H17BrClN. The van der Waals surface area contributed by atoms with Crippen molar-refractivity contribution < 1.29 is 0 Å². The van der Waals surface area contributed by atoms with Gasteiger partial charge in [0.15, 0.2) is 0 Å². The van der Waals surface area contributed by atoms with Gasteiger partial charge in [0.05, 0.1) is 0 Å². The first kappa shape index (κ1) is 14.6. The van der Waals surface area contributed by atoms with Gasteiger partial charge in [0.25, 0.3) is 0 Å². The van der Waals surface area contributed by atoms with Gasteiger partial charge in [0.1, 0.15) is 0 Å². The highest BCUT2D eigenvalue weighted by Gasteiger charge is 2.12. The van der Waals surface area contributed by atoms with Gasteiger partial charge in [0, 0.05) is 15.4 Å². The summed E-state index contributed by atoms with van der Waals surface area (Å²) >= 11 is 9.70. The van der Waals surface area contributed by atoms with Crippen LogP contribution in [0.1, 0.15) is 22.6 Å². The van der Waals surface area contributed by atoms with Crippen LogP contribution >= 0.6 is 27.5 Å². The standard InChI is InChI=1S/C16H17BrClN/c1-11-2-4-12(5-3-11)14(10-19)8-13-6-7-15(17)9-16(13)18/h2-7,9,14H,8,10,19H2,1H3. The van der Waals surface area contributed by atoms with E-state index in [2.05, 4.69) is 53.2 Å². The fraction of sp³-hybridized carbons (Fsp3) is 0.250. The Morgan fingerprint density at radius 3 is 2.42 bits per heavy atom. The number of rotatable bonds is 4. The molecule has 2 aromatic carbocycles. The van der Waals surface area contributed by atoms with Gasteiger partial charge in [-0.1, -0.05) is 63.4 Å². The summed E-state index contributed by atoms with van der Waals surface area (Å²) in [6.45, 7) is 2.71. The smallest absolute Gasteiger partial charge is 0.0449 e. The summed E-state index contributed by atoms with van der Waals surface area (Å²) in [5.41, 5.74) is 9.59. The molecule has 19 heavy (non-hydrogen) atoms. The van der Waals surface area contributed by atoms with E-state index in [4.69, 9.17) is 17.3 Å². The highest BCUT2D eigenvalue weighted by molar-refractivity contribution is 9.10. The normalized spacial score (nSPS) is 12.4.